The largest absolute Gasteiger partial charge is 0.242 e. The highest BCUT2D eigenvalue weighted by Gasteiger charge is 2.23. The third kappa shape index (κ3) is 4.02. The molecule has 0 bridgehead atoms. The Morgan fingerprint density at radius 2 is 1.86 bits per heavy atom. The van der Waals surface area contributed by atoms with Crippen molar-refractivity contribution in [3.8, 4) is 0 Å². The van der Waals surface area contributed by atoms with Crippen LogP contribution in [0.15, 0.2) is 55.1 Å². The van der Waals surface area contributed by atoms with Gasteiger partial charge in [-0.1, -0.05) is 42.5 Å². The fourth-order valence-corrected chi connectivity index (χ4v) is 2.99. The van der Waals surface area contributed by atoms with E-state index >= 15 is 0 Å². The summed E-state index contributed by atoms with van der Waals surface area (Å²) in [6.07, 6.45) is 2.62. The highest BCUT2D eigenvalue weighted by Crippen LogP contribution is 2.24. The molecule has 21 heavy (non-hydrogen) atoms. The summed E-state index contributed by atoms with van der Waals surface area (Å²) < 4.78 is 15.3. The standard InChI is InChI=1S/C18H23NOS/c1-5-8-17(19-21(20)18(2,3)4)16-12-11-14-9-6-7-10-15(14)13-16/h5-7,9-13,17,19H,1,8H2,2-4H3/t17-,21?/m1/s1. The van der Waals surface area contributed by atoms with Crippen LogP contribution in [0.25, 0.3) is 10.8 Å². The first-order valence-corrected chi connectivity index (χ1v) is 8.34. The van der Waals surface area contributed by atoms with E-state index in [2.05, 4.69) is 41.6 Å². The second-order valence-electron chi connectivity index (χ2n) is 6.18. The summed E-state index contributed by atoms with van der Waals surface area (Å²) in [5.74, 6) is 0. The van der Waals surface area contributed by atoms with Crippen LogP contribution in [0, 0.1) is 0 Å². The molecule has 1 unspecified atom stereocenters. The molecule has 0 radical (unpaired) electrons. The number of rotatable bonds is 5. The highest BCUT2D eigenvalue weighted by atomic mass is 32.2. The average molecular weight is 301 g/mol. The molecule has 0 aliphatic rings. The van der Waals surface area contributed by atoms with Gasteiger partial charge >= 0.3 is 0 Å². The molecule has 2 aromatic rings. The number of nitrogens with one attached hydrogen (secondary N) is 1. The SMILES string of the molecule is C=CC[C@@H](NS(=O)C(C)(C)C)c1ccc2ccccc2c1. The van der Waals surface area contributed by atoms with E-state index in [-0.39, 0.29) is 10.8 Å². The third-order valence-corrected chi connectivity index (χ3v) is 4.99. The van der Waals surface area contributed by atoms with Gasteiger partial charge in [-0.2, -0.15) is 0 Å². The Labute approximate surface area is 129 Å². The average Bonchev–Trinajstić information content (AvgIpc) is 2.45. The summed E-state index contributed by atoms with van der Waals surface area (Å²) in [4.78, 5) is 0. The first-order chi connectivity index (χ1) is 9.91. The van der Waals surface area contributed by atoms with E-state index in [9.17, 15) is 4.21 Å². The monoisotopic (exact) mass is 301 g/mol. The zero-order valence-electron chi connectivity index (χ0n) is 12.9. The predicted molar refractivity (Wildman–Crippen MR) is 92.5 cm³/mol. The van der Waals surface area contributed by atoms with E-state index in [1.807, 2.05) is 39.0 Å². The molecule has 0 aliphatic carbocycles. The van der Waals surface area contributed by atoms with E-state index in [1.54, 1.807) is 0 Å². The summed E-state index contributed by atoms with van der Waals surface area (Å²) in [6, 6.07) is 14.7. The summed E-state index contributed by atoms with van der Waals surface area (Å²) in [7, 11) is -1.10. The molecule has 0 fully saturated rings. The fourth-order valence-electron chi connectivity index (χ4n) is 2.15. The van der Waals surface area contributed by atoms with Crippen molar-refractivity contribution >= 4 is 21.8 Å². The smallest absolute Gasteiger partial charge is 0.0976 e. The Hall–Kier alpha value is -1.45. The molecule has 0 saturated heterocycles. The molecule has 112 valence electrons. The maximum atomic E-state index is 12.4. The molecule has 0 aliphatic heterocycles. The van der Waals surface area contributed by atoms with Crippen LogP contribution < -0.4 is 4.72 Å². The van der Waals surface area contributed by atoms with E-state index in [1.165, 1.54) is 10.8 Å². The van der Waals surface area contributed by atoms with E-state index < -0.39 is 11.0 Å². The summed E-state index contributed by atoms with van der Waals surface area (Å²) in [6.45, 7) is 9.74. The van der Waals surface area contributed by atoms with Crippen molar-refractivity contribution in [3.63, 3.8) is 0 Å². The maximum Gasteiger partial charge on any atom is 0.0976 e. The third-order valence-electron chi connectivity index (χ3n) is 3.38. The second-order valence-corrected chi connectivity index (χ2v) is 8.18. The van der Waals surface area contributed by atoms with Gasteiger partial charge in [0.05, 0.1) is 15.7 Å². The number of fused-ring (bicyclic) bond motifs is 1. The normalized spacial score (nSPS) is 14.8. The minimum atomic E-state index is -1.10. The van der Waals surface area contributed by atoms with Crippen LogP contribution in [0.2, 0.25) is 0 Å². The number of benzene rings is 2. The topological polar surface area (TPSA) is 29.1 Å². The lowest BCUT2D eigenvalue weighted by Crippen LogP contribution is -2.35. The van der Waals surface area contributed by atoms with Gasteiger partial charge in [0, 0.05) is 6.04 Å². The molecule has 1 N–H and O–H groups in total. The Balaban J connectivity index is 2.31. The van der Waals surface area contributed by atoms with Gasteiger partial charge in [0.2, 0.25) is 0 Å². The Morgan fingerprint density at radius 1 is 1.19 bits per heavy atom. The van der Waals surface area contributed by atoms with Crippen molar-refractivity contribution in [2.45, 2.75) is 38.0 Å². The summed E-state index contributed by atoms with van der Waals surface area (Å²) in [5.41, 5.74) is 1.14. The molecular weight excluding hydrogens is 278 g/mol. The zero-order chi connectivity index (χ0) is 15.5. The molecular formula is C18H23NOS. The second kappa shape index (κ2) is 6.54. The van der Waals surface area contributed by atoms with Crippen LogP contribution in [-0.4, -0.2) is 8.96 Å². The van der Waals surface area contributed by atoms with Crippen LogP contribution >= 0.6 is 0 Å². The Morgan fingerprint density at radius 3 is 2.48 bits per heavy atom. The number of hydrogen-bond donors (Lipinski definition) is 1. The van der Waals surface area contributed by atoms with Gasteiger partial charge in [-0.3, -0.25) is 0 Å². The lowest BCUT2D eigenvalue weighted by atomic mass is 10.0. The van der Waals surface area contributed by atoms with Crippen molar-refractivity contribution in [2.24, 2.45) is 0 Å². The summed E-state index contributed by atoms with van der Waals surface area (Å²) >= 11 is 0. The molecule has 0 aromatic heterocycles. The molecule has 0 heterocycles. The first-order valence-electron chi connectivity index (χ1n) is 7.19. The van der Waals surface area contributed by atoms with Gasteiger partial charge in [0.15, 0.2) is 0 Å². The highest BCUT2D eigenvalue weighted by molar-refractivity contribution is 7.84. The maximum absolute atomic E-state index is 12.4. The van der Waals surface area contributed by atoms with Crippen LogP contribution in [0.1, 0.15) is 38.8 Å². The molecule has 0 saturated carbocycles. The quantitative estimate of drug-likeness (QED) is 0.809. The predicted octanol–water partition coefficient (Wildman–Crippen LogP) is 4.51. The van der Waals surface area contributed by atoms with Crippen molar-refractivity contribution in [1.82, 2.24) is 4.72 Å². The van der Waals surface area contributed by atoms with Gasteiger partial charge in [-0.25, -0.2) is 8.93 Å². The van der Waals surface area contributed by atoms with Crippen molar-refractivity contribution < 1.29 is 4.21 Å². The van der Waals surface area contributed by atoms with Gasteiger partial charge < -0.3 is 0 Å². The Bertz CT molecular complexity index is 658. The molecule has 0 spiro atoms. The van der Waals surface area contributed by atoms with Crippen molar-refractivity contribution in [1.29, 1.82) is 0 Å². The number of hydrogen-bond acceptors (Lipinski definition) is 1. The van der Waals surface area contributed by atoms with Crippen LogP contribution in [0.3, 0.4) is 0 Å². The van der Waals surface area contributed by atoms with E-state index in [4.69, 9.17) is 0 Å². The van der Waals surface area contributed by atoms with Crippen LogP contribution in [-0.2, 0) is 11.0 Å². The molecule has 3 heteroatoms. The van der Waals surface area contributed by atoms with Crippen molar-refractivity contribution in [3.05, 3.63) is 60.7 Å². The van der Waals surface area contributed by atoms with E-state index in [0.29, 0.717) is 0 Å². The van der Waals surface area contributed by atoms with Crippen LogP contribution in [0.5, 0.6) is 0 Å². The van der Waals surface area contributed by atoms with E-state index in [0.717, 1.165) is 12.0 Å². The van der Waals surface area contributed by atoms with Crippen LogP contribution in [0.4, 0.5) is 0 Å². The van der Waals surface area contributed by atoms with Gasteiger partial charge in [-0.15, -0.1) is 6.58 Å². The lowest BCUT2D eigenvalue weighted by molar-refractivity contribution is 0.602. The molecule has 2 rings (SSSR count). The minimum Gasteiger partial charge on any atom is -0.242 e. The fraction of sp³-hybridized carbons (Fsp3) is 0.333. The minimum absolute atomic E-state index is 0.0205. The molecule has 2 aromatic carbocycles. The lowest BCUT2D eigenvalue weighted by Gasteiger charge is -2.24. The van der Waals surface area contributed by atoms with Gasteiger partial charge in [0.25, 0.3) is 0 Å². The zero-order valence-corrected chi connectivity index (χ0v) is 13.7. The first kappa shape index (κ1) is 15.9. The van der Waals surface area contributed by atoms with Gasteiger partial charge in [0.1, 0.15) is 0 Å². The Kier molecular flexibility index (Phi) is 4.96. The molecule has 0 amide bonds. The van der Waals surface area contributed by atoms with Crippen molar-refractivity contribution in [2.75, 3.05) is 0 Å². The van der Waals surface area contributed by atoms with Gasteiger partial charge in [-0.05, 0) is 49.6 Å². The summed E-state index contributed by atoms with van der Waals surface area (Å²) in [5, 5.41) is 2.42. The molecule has 2 atom stereocenters. The molecule has 2 nitrogen and oxygen atoms in total.